The second kappa shape index (κ2) is 5.50. The molecule has 2 heteroatoms. The van der Waals surface area contributed by atoms with Crippen LogP contribution in [0.5, 0.6) is 0 Å². The first-order valence-electron chi connectivity index (χ1n) is 6.83. The second-order valence-electron chi connectivity index (χ2n) is 6.34. The number of nitrogens with zero attached hydrogens (tertiary/aromatic N) is 1. The summed E-state index contributed by atoms with van der Waals surface area (Å²) in [7, 11) is 2.12. The highest BCUT2D eigenvalue weighted by Crippen LogP contribution is 2.39. The van der Waals surface area contributed by atoms with E-state index in [0.717, 1.165) is 12.0 Å². The molecule has 1 saturated carbocycles. The van der Waals surface area contributed by atoms with Gasteiger partial charge in [-0.05, 0) is 37.8 Å². The molecule has 0 aromatic heterocycles. The zero-order chi connectivity index (χ0) is 12.3. The summed E-state index contributed by atoms with van der Waals surface area (Å²) >= 11 is 0. The summed E-state index contributed by atoms with van der Waals surface area (Å²) in [4.78, 5) is 2.67. The Morgan fingerprint density at radius 1 is 1.38 bits per heavy atom. The second-order valence-corrected chi connectivity index (χ2v) is 6.34. The third kappa shape index (κ3) is 2.98. The minimum atomic E-state index is 0.448. The largest absolute Gasteiger partial charge is 0.315 e. The molecule has 1 fully saturated rings. The van der Waals surface area contributed by atoms with Crippen LogP contribution in [0.2, 0.25) is 0 Å². The van der Waals surface area contributed by atoms with Gasteiger partial charge in [0.05, 0.1) is 0 Å². The van der Waals surface area contributed by atoms with Gasteiger partial charge < -0.3 is 5.32 Å². The molecule has 2 atom stereocenters. The smallest absolute Gasteiger partial charge is 0.0271 e. The van der Waals surface area contributed by atoms with Crippen LogP contribution in [0.3, 0.4) is 0 Å². The van der Waals surface area contributed by atoms with E-state index in [4.69, 9.17) is 0 Å². The molecular formula is C14H30N2. The monoisotopic (exact) mass is 226 g/mol. The van der Waals surface area contributed by atoms with Gasteiger partial charge in [0.1, 0.15) is 0 Å². The van der Waals surface area contributed by atoms with E-state index in [0.29, 0.717) is 11.5 Å². The standard InChI is InChI=1S/C14H30N2/c1-7-16(10-11(2)3)12-8-9-14(4,5)13(12)15-6/h11-13,15H,7-10H2,1-6H3. The van der Waals surface area contributed by atoms with E-state index in [-0.39, 0.29) is 0 Å². The van der Waals surface area contributed by atoms with E-state index in [1.165, 1.54) is 25.9 Å². The quantitative estimate of drug-likeness (QED) is 0.775. The van der Waals surface area contributed by atoms with Crippen LogP contribution in [0.15, 0.2) is 0 Å². The van der Waals surface area contributed by atoms with E-state index in [1.807, 2.05) is 0 Å². The Bertz CT molecular complexity index is 211. The third-order valence-electron chi connectivity index (χ3n) is 4.10. The number of nitrogens with one attached hydrogen (secondary N) is 1. The lowest BCUT2D eigenvalue weighted by Crippen LogP contribution is -2.51. The van der Waals surface area contributed by atoms with E-state index in [2.05, 4.69) is 51.9 Å². The average molecular weight is 226 g/mol. The number of rotatable bonds is 5. The third-order valence-corrected chi connectivity index (χ3v) is 4.10. The van der Waals surface area contributed by atoms with Crippen LogP contribution in [0.1, 0.15) is 47.5 Å². The Morgan fingerprint density at radius 2 is 2.00 bits per heavy atom. The Labute approximate surface area is 102 Å². The van der Waals surface area contributed by atoms with Gasteiger partial charge in [0.25, 0.3) is 0 Å². The average Bonchev–Trinajstić information content (AvgIpc) is 2.49. The normalized spacial score (nSPS) is 29.2. The van der Waals surface area contributed by atoms with Crippen molar-refractivity contribution in [2.75, 3.05) is 20.1 Å². The van der Waals surface area contributed by atoms with Crippen molar-refractivity contribution in [3.8, 4) is 0 Å². The molecule has 0 spiro atoms. The molecule has 0 aromatic carbocycles. The van der Waals surface area contributed by atoms with Gasteiger partial charge in [-0.1, -0.05) is 34.6 Å². The molecule has 0 amide bonds. The minimum Gasteiger partial charge on any atom is -0.315 e. The molecule has 0 aromatic rings. The van der Waals surface area contributed by atoms with Crippen LogP contribution in [0.4, 0.5) is 0 Å². The van der Waals surface area contributed by atoms with Gasteiger partial charge in [0, 0.05) is 18.6 Å². The molecular weight excluding hydrogens is 196 g/mol. The molecule has 2 nitrogen and oxygen atoms in total. The summed E-state index contributed by atoms with van der Waals surface area (Å²) in [6, 6.07) is 1.37. The number of hydrogen-bond donors (Lipinski definition) is 1. The zero-order valence-corrected chi connectivity index (χ0v) is 12.0. The molecule has 0 radical (unpaired) electrons. The fourth-order valence-electron chi connectivity index (χ4n) is 3.31. The first-order valence-corrected chi connectivity index (χ1v) is 6.83. The number of likely N-dealkylation sites (N-methyl/N-ethyl adjacent to an activating group) is 2. The van der Waals surface area contributed by atoms with Crippen molar-refractivity contribution in [1.82, 2.24) is 10.2 Å². The maximum atomic E-state index is 3.55. The Balaban J connectivity index is 2.71. The van der Waals surface area contributed by atoms with Gasteiger partial charge in [0.2, 0.25) is 0 Å². The molecule has 0 heterocycles. The molecule has 1 aliphatic rings. The van der Waals surface area contributed by atoms with Crippen LogP contribution >= 0.6 is 0 Å². The highest BCUT2D eigenvalue weighted by Gasteiger charge is 2.43. The summed E-state index contributed by atoms with van der Waals surface area (Å²) in [6.45, 7) is 14.1. The molecule has 0 saturated heterocycles. The summed E-state index contributed by atoms with van der Waals surface area (Å²) in [5.41, 5.74) is 0.448. The van der Waals surface area contributed by atoms with Crippen molar-refractivity contribution in [3.63, 3.8) is 0 Å². The summed E-state index contributed by atoms with van der Waals surface area (Å²) in [5.74, 6) is 0.765. The summed E-state index contributed by atoms with van der Waals surface area (Å²) < 4.78 is 0. The van der Waals surface area contributed by atoms with Gasteiger partial charge in [-0.25, -0.2) is 0 Å². The summed E-state index contributed by atoms with van der Waals surface area (Å²) in [5, 5.41) is 3.55. The van der Waals surface area contributed by atoms with Crippen molar-refractivity contribution in [2.24, 2.45) is 11.3 Å². The lowest BCUT2D eigenvalue weighted by atomic mass is 9.86. The first-order chi connectivity index (χ1) is 7.42. The first kappa shape index (κ1) is 14.0. The Hall–Kier alpha value is -0.0800. The number of hydrogen-bond acceptors (Lipinski definition) is 2. The van der Waals surface area contributed by atoms with E-state index in [9.17, 15) is 0 Å². The van der Waals surface area contributed by atoms with E-state index < -0.39 is 0 Å². The van der Waals surface area contributed by atoms with Crippen molar-refractivity contribution < 1.29 is 0 Å². The Kier molecular flexibility index (Phi) is 4.81. The van der Waals surface area contributed by atoms with Crippen LogP contribution in [0.25, 0.3) is 0 Å². The predicted molar refractivity (Wildman–Crippen MR) is 71.7 cm³/mol. The fourth-order valence-corrected chi connectivity index (χ4v) is 3.31. The molecule has 16 heavy (non-hydrogen) atoms. The Morgan fingerprint density at radius 3 is 2.44 bits per heavy atom. The van der Waals surface area contributed by atoms with Crippen molar-refractivity contribution >= 4 is 0 Å². The lowest BCUT2D eigenvalue weighted by molar-refractivity contribution is 0.141. The molecule has 1 rings (SSSR count). The molecule has 0 aliphatic heterocycles. The molecule has 96 valence electrons. The molecule has 1 N–H and O–H groups in total. The minimum absolute atomic E-state index is 0.448. The topological polar surface area (TPSA) is 15.3 Å². The molecule has 0 bridgehead atoms. The predicted octanol–water partition coefficient (Wildman–Crippen LogP) is 2.74. The van der Waals surface area contributed by atoms with Crippen LogP contribution in [-0.4, -0.2) is 37.1 Å². The highest BCUT2D eigenvalue weighted by atomic mass is 15.2. The lowest BCUT2D eigenvalue weighted by Gasteiger charge is -2.37. The van der Waals surface area contributed by atoms with Crippen molar-refractivity contribution in [3.05, 3.63) is 0 Å². The van der Waals surface area contributed by atoms with Crippen molar-refractivity contribution in [1.29, 1.82) is 0 Å². The van der Waals surface area contributed by atoms with E-state index >= 15 is 0 Å². The van der Waals surface area contributed by atoms with Gasteiger partial charge in [-0.15, -0.1) is 0 Å². The zero-order valence-electron chi connectivity index (χ0n) is 12.0. The fraction of sp³-hybridized carbons (Fsp3) is 1.00. The van der Waals surface area contributed by atoms with Crippen LogP contribution < -0.4 is 5.32 Å². The van der Waals surface area contributed by atoms with E-state index in [1.54, 1.807) is 0 Å². The van der Waals surface area contributed by atoms with Crippen molar-refractivity contribution in [2.45, 2.75) is 59.5 Å². The highest BCUT2D eigenvalue weighted by molar-refractivity contribution is 5.00. The molecule has 1 aliphatic carbocycles. The van der Waals surface area contributed by atoms with Gasteiger partial charge in [-0.3, -0.25) is 4.90 Å². The maximum absolute atomic E-state index is 3.55. The van der Waals surface area contributed by atoms with Gasteiger partial charge in [-0.2, -0.15) is 0 Å². The summed E-state index contributed by atoms with van der Waals surface area (Å²) in [6.07, 6.45) is 2.69. The van der Waals surface area contributed by atoms with Gasteiger partial charge in [0.15, 0.2) is 0 Å². The molecule has 2 unspecified atom stereocenters. The van der Waals surface area contributed by atoms with Crippen LogP contribution in [-0.2, 0) is 0 Å². The van der Waals surface area contributed by atoms with Gasteiger partial charge >= 0.3 is 0 Å². The van der Waals surface area contributed by atoms with Crippen LogP contribution in [0, 0.1) is 11.3 Å². The maximum Gasteiger partial charge on any atom is 0.0271 e. The SMILES string of the molecule is CCN(CC(C)C)C1CCC(C)(C)C1NC.